The zero-order chi connectivity index (χ0) is 12.0. The van der Waals surface area contributed by atoms with Gasteiger partial charge in [0.25, 0.3) is 0 Å². The molecule has 2 unspecified atom stereocenters. The molecule has 2 heterocycles. The third-order valence-corrected chi connectivity index (χ3v) is 3.88. The van der Waals surface area contributed by atoms with E-state index >= 15 is 0 Å². The van der Waals surface area contributed by atoms with Gasteiger partial charge in [-0.25, -0.2) is 4.39 Å². The molecule has 2 aliphatic rings. The normalized spacial score (nSPS) is 27.6. The summed E-state index contributed by atoms with van der Waals surface area (Å²) in [6.45, 7) is 1.60. The first kappa shape index (κ1) is 10.7. The Balaban J connectivity index is 2.13. The van der Waals surface area contributed by atoms with E-state index in [2.05, 4.69) is 5.32 Å². The van der Waals surface area contributed by atoms with Gasteiger partial charge in [0, 0.05) is 25.2 Å². The van der Waals surface area contributed by atoms with Crippen molar-refractivity contribution in [1.29, 1.82) is 0 Å². The molecule has 0 spiro atoms. The second kappa shape index (κ2) is 3.81. The molecule has 0 aromatic heterocycles. The van der Waals surface area contributed by atoms with Crippen molar-refractivity contribution in [3.63, 3.8) is 0 Å². The quantitative estimate of drug-likeness (QED) is 0.737. The fourth-order valence-electron chi connectivity index (χ4n) is 2.99. The number of fused-ring (bicyclic) bond motifs is 3. The average Bonchev–Trinajstić information content (AvgIpc) is 2.36. The highest BCUT2D eigenvalue weighted by Gasteiger charge is 2.40. The summed E-state index contributed by atoms with van der Waals surface area (Å²) in [4.78, 5) is 13.9. The van der Waals surface area contributed by atoms with Crippen molar-refractivity contribution in [2.45, 2.75) is 12.3 Å². The molecular weight excluding hydrogens is 219 g/mol. The van der Waals surface area contributed by atoms with Gasteiger partial charge in [-0.3, -0.25) is 4.79 Å². The molecule has 0 radical (unpaired) electrons. The molecule has 1 aromatic rings. The minimum atomic E-state index is -0.219. The number of carbonyl (C=O) groups is 1. The van der Waals surface area contributed by atoms with Crippen molar-refractivity contribution in [2.75, 3.05) is 25.0 Å². The van der Waals surface area contributed by atoms with Gasteiger partial charge in [-0.05, 0) is 36.7 Å². The first-order valence-electron chi connectivity index (χ1n) is 5.96. The second-order valence-corrected chi connectivity index (χ2v) is 4.81. The summed E-state index contributed by atoms with van der Waals surface area (Å²) < 4.78 is 13.4. The molecule has 2 aliphatic heterocycles. The monoisotopic (exact) mass is 234 g/mol. The predicted molar refractivity (Wildman–Crippen MR) is 63.5 cm³/mol. The van der Waals surface area contributed by atoms with Crippen LogP contribution in [0.5, 0.6) is 0 Å². The Morgan fingerprint density at radius 1 is 1.41 bits per heavy atom. The van der Waals surface area contributed by atoms with Crippen molar-refractivity contribution in [2.24, 2.45) is 5.92 Å². The third kappa shape index (κ3) is 1.55. The minimum Gasteiger partial charge on any atom is -0.316 e. The van der Waals surface area contributed by atoms with E-state index in [0.29, 0.717) is 6.54 Å². The molecule has 2 atom stereocenters. The molecule has 90 valence electrons. The Morgan fingerprint density at radius 3 is 3.06 bits per heavy atom. The van der Waals surface area contributed by atoms with Crippen molar-refractivity contribution in [3.05, 3.63) is 29.6 Å². The van der Waals surface area contributed by atoms with E-state index in [1.54, 1.807) is 24.1 Å². The van der Waals surface area contributed by atoms with Gasteiger partial charge in [0.15, 0.2) is 0 Å². The van der Waals surface area contributed by atoms with Crippen LogP contribution in [-0.4, -0.2) is 26.0 Å². The highest BCUT2D eigenvalue weighted by atomic mass is 19.1. The first-order valence-corrected chi connectivity index (χ1v) is 5.96. The topological polar surface area (TPSA) is 32.3 Å². The van der Waals surface area contributed by atoms with Crippen LogP contribution in [0.4, 0.5) is 10.1 Å². The van der Waals surface area contributed by atoms with E-state index < -0.39 is 0 Å². The standard InChI is InChI=1S/C13H15FN2O/c1-16-12-3-2-8(14)6-10(12)9-4-5-15-7-11(9)13(16)17/h2-3,6,9,11,15H,4-5,7H2,1H3. The fourth-order valence-corrected chi connectivity index (χ4v) is 2.99. The van der Waals surface area contributed by atoms with E-state index in [4.69, 9.17) is 0 Å². The summed E-state index contributed by atoms with van der Waals surface area (Å²) in [7, 11) is 1.77. The number of hydrogen-bond donors (Lipinski definition) is 1. The minimum absolute atomic E-state index is 0.0388. The van der Waals surface area contributed by atoms with E-state index in [-0.39, 0.29) is 23.6 Å². The Morgan fingerprint density at radius 2 is 2.24 bits per heavy atom. The van der Waals surface area contributed by atoms with Crippen molar-refractivity contribution in [1.82, 2.24) is 5.32 Å². The van der Waals surface area contributed by atoms with E-state index in [1.165, 1.54) is 6.07 Å². The highest BCUT2D eigenvalue weighted by molar-refractivity contribution is 5.98. The molecule has 0 saturated carbocycles. The summed E-state index contributed by atoms with van der Waals surface area (Å²) in [5.74, 6) is 0.0544. The molecule has 1 aromatic carbocycles. The van der Waals surface area contributed by atoms with Crippen LogP contribution in [0.1, 0.15) is 17.9 Å². The van der Waals surface area contributed by atoms with Crippen molar-refractivity contribution >= 4 is 11.6 Å². The fraction of sp³-hybridized carbons (Fsp3) is 0.462. The van der Waals surface area contributed by atoms with Gasteiger partial charge in [-0.15, -0.1) is 0 Å². The lowest BCUT2D eigenvalue weighted by atomic mass is 9.77. The summed E-state index contributed by atoms with van der Waals surface area (Å²) in [5, 5.41) is 3.24. The molecule has 1 saturated heterocycles. The lowest BCUT2D eigenvalue weighted by molar-refractivity contribution is -0.123. The summed E-state index contributed by atoms with van der Waals surface area (Å²) in [6, 6.07) is 4.71. The molecule has 4 heteroatoms. The van der Waals surface area contributed by atoms with Crippen LogP contribution in [0, 0.1) is 11.7 Å². The maximum Gasteiger partial charge on any atom is 0.231 e. The number of halogens is 1. The second-order valence-electron chi connectivity index (χ2n) is 4.81. The number of nitrogens with one attached hydrogen (secondary N) is 1. The maximum atomic E-state index is 13.4. The largest absolute Gasteiger partial charge is 0.316 e. The number of carbonyl (C=O) groups excluding carboxylic acids is 1. The van der Waals surface area contributed by atoms with Crippen LogP contribution < -0.4 is 10.2 Å². The van der Waals surface area contributed by atoms with E-state index in [9.17, 15) is 9.18 Å². The Labute approximate surface area is 99.6 Å². The van der Waals surface area contributed by atoms with Gasteiger partial charge in [0.1, 0.15) is 5.82 Å². The number of nitrogens with zero attached hydrogens (tertiary/aromatic N) is 1. The lowest BCUT2D eigenvalue weighted by Gasteiger charge is -2.40. The zero-order valence-corrected chi connectivity index (χ0v) is 9.74. The van der Waals surface area contributed by atoms with E-state index in [0.717, 1.165) is 24.2 Å². The smallest absolute Gasteiger partial charge is 0.231 e. The van der Waals surface area contributed by atoms with Crippen LogP contribution in [0.15, 0.2) is 18.2 Å². The molecule has 17 heavy (non-hydrogen) atoms. The number of rotatable bonds is 0. The van der Waals surface area contributed by atoms with Gasteiger partial charge in [-0.1, -0.05) is 0 Å². The summed E-state index contributed by atoms with van der Waals surface area (Å²) in [5.41, 5.74) is 1.85. The maximum absolute atomic E-state index is 13.4. The molecule has 3 nitrogen and oxygen atoms in total. The van der Waals surface area contributed by atoms with Crippen LogP contribution in [0.3, 0.4) is 0 Å². The highest BCUT2D eigenvalue weighted by Crippen LogP contribution is 2.41. The average molecular weight is 234 g/mol. The van der Waals surface area contributed by atoms with Crippen LogP contribution in [0.25, 0.3) is 0 Å². The molecular formula is C13H15FN2O. The van der Waals surface area contributed by atoms with Crippen molar-refractivity contribution in [3.8, 4) is 0 Å². The number of benzene rings is 1. The first-order chi connectivity index (χ1) is 8.18. The molecule has 1 N–H and O–H groups in total. The Kier molecular flexibility index (Phi) is 2.40. The number of amides is 1. The lowest BCUT2D eigenvalue weighted by Crippen LogP contribution is -2.48. The molecule has 1 fully saturated rings. The van der Waals surface area contributed by atoms with E-state index in [1.807, 2.05) is 0 Å². The van der Waals surface area contributed by atoms with Crippen LogP contribution in [0.2, 0.25) is 0 Å². The molecule has 0 bridgehead atoms. The predicted octanol–water partition coefficient (Wildman–Crippen LogP) is 1.50. The summed E-state index contributed by atoms with van der Waals surface area (Å²) in [6.07, 6.45) is 0.903. The van der Waals surface area contributed by atoms with Crippen molar-refractivity contribution < 1.29 is 9.18 Å². The number of hydrogen-bond acceptors (Lipinski definition) is 2. The summed E-state index contributed by atoms with van der Waals surface area (Å²) >= 11 is 0. The Bertz CT molecular complexity index is 474. The van der Waals surface area contributed by atoms with Gasteiger partial charge in [0.2, 0.25) is 5.91 Å². The Hall–Kier alpha value is -1.42. The SMILES string of the molecule is CN1C(=O)C2CNCCC2c2cc(F)ccc21. The molecule has 3 rings (SSSR count). The van der Waals surface area contributed by atoms with Gasteiger partial charge in [-0.2, -0.15) is 0 Å². The molecule has 0 aliphatic carbocycles. The number of anilines is 1. The van der Waals surface area contributed by atoms with Crippen LogP contribution >= 0.6 is 0 Å². The van der Waals surface area contributed by atoms with Gasteiger partial charge < -0.3 is 10.2 Å². The number of piperidine rings is 1. The zero-order valence-electron chi connectivity index (χ0n) is 9.74. The third-order valence-electron chi connectivity index (χ3n) is 3.88. The van der Waals surface area contributed by atoms with Gasteiger partial charge in [0.05, 0.1) is 5.92 Å². The van der Waals surface area contributed by atoms with Crippen LogP contribution in [-0.2, 0) is 4.79 Å². The van der Waals surface area contributed by atoms with Gasteiger partial charge >= 0.3 is 0 Å². The molecule has 1 amide bonds.